The topological polar surface area (TPSA) is 453 Å². The van der Waals surface area contributed by atoms with Gasteiger partial charge in [-0.3, -0.25) is 57.7 Å². The van der Waals surface area contributed by atoms with Crippen LogP contribution in [0.3, 0.4) is 0 Å². The van der Waals surface area contributed by atoms with Crippen molar-refractivity contribution in [2.75, 3.05) is 25.2 Å². The summed E-state index contributed by atoms with van der Waals surface area (Å²) in [6, 6.07) is -13.1. The van der Waals surface area contributed by atoms with Crippen LogP contribution in [0.4, 0.5) is 0 Å². The molecule has 28 heteroatoms. The van der Waals surface area contributed by atoms with Crippen LogP contribution in [0.1, 0.15) is 101 Å². The van der Waals surface area contributed by atoms with E-state index >= 15 is 0 Å². The molecule has 0 aromatic rings. The maximum absolute atomic E-state index is 14.1. The number of carboxylic acid groups (broad SMARTS) is 1. The van der Waals surface area contributed by atoms with E-state index in [4.69, 9.17) is 22.9 Å². The second kappa shape index (κ2) is 33.4. The van der Waals surface area contributed by atoms with Crippen molar-refractivity contribution >= 4 is 82.8 Å². The molecule has 0 aliphatic carbocycles. The Kier molecular flexibility index (Phi) is 30.5. The molecule has 0 fully saturated rings. The Balaban J connectivity index is 6.69. The number of nitrogens with one attached hydrogen (secondary N) is 9. The molecule has 0 spiro atoms. The van der Waals surface area contributed by atoms with Crippen LogP contribution in [0.2, 0.25) is 0 Å². The van der Waals surface area contributed by atoms with Gasteiger partial charge >= 0.3 is 5.97 Å². The number of aliphatic hydroxyl groups excluding tert-OH is 1. The molecule has 10 atom stereocenters. The fourth-order valence-electron chi connectivity index (χ4n) is 6.46. The van der Waals surface area contributed by atoms with E-state index in [9.17, 15) is 63.0 Å². The normalized spacial score (nSPS) is 15.3. The van der Waals surface area contributed by atoms with Crippen molar-refractivity contribution < 1.29 is 63.0 Å². The lowest BCUT2D eigenvalue weighted by Crippen LogP contribution is -2.61. The van der Waals surface area contributed by atoms with E-state index in [1.807, 2.05) is 0 Å². The summed E-state index contributed by atoms with van der Waals surface area (Å²) >= 11 is 1.29. The number of aliphatic hydroxyl groups is 1. The summed E-state index contributed by atoms with van der Waals surface area (Å²) in [5.41, 5.74) is 22.0. The zero-order valence-corrected chi connectivity index (χ0v) is 43.7. The predicted molar refractivity (Wildman–Crippen MR) is 268 cm³/mol. The third-order valence-corrected chi connectivity index (χ3v) is 11.3. The first-order chi connectivity index (χ1) is 33.5. The van der Waals surface area contributed by atoms with Crippen molar-refractivity contribution in [1.29, 1.82) is 0 Å². The predicted octanol–water partition coefficient (Wildman–Crippen LogP) is -4.76. The van der Waals surface area contributed by atoms with Crippen LogP contribution in [0.15, 0.2) is 4.99 Å². The van der Waals surface area contributed by atoms with Gasteiger partial charge < -0.3 is 81.0 Å². The molecule has 0 unspecified atom stereocenters. The summed E-state index contributed by atoms with van der Waals surface area (Å²) in [5, 5.41) is 41.7. The number of carbonyl (C=O) groups excluding carboxylic acids is 10. The lowest BCUT2D eigenvalue weighted by atomic mass is 9.99. The van der Waals surface area contributed by atoms with Gasteiger partial charge in [0.15, 0.2) is 5.96 Å². The van der Waals surface area contributed by atoms with Gasteiger partial charge in [-0.1, -0.05) is 41.5 Å². The smallest absolute Gasteiger partial charge is 0.325 e. The van der Waals surface area contributed by atoms with Crippen LogP contribution < -0.4 is 70.8 Å². The van der Waals surface area contributed by atoms with Crippen molar-refractivity contribution in [2.45, 2.75) is 161 Å². The summed E-state index contributed by atoms with van der Waals surface area (Å²) < 4.78 is 0. The molecule has 0 bridgehead atoms. The van der Waals surface area contributed by atoms with Gasteiger partial charge in [-0.25, -0.2) is 0 Å². The number of rotatable bonds is 34. The standard InChI is InChI=1S/C44H80N14O13S/c1-20(2)18-29(55-35(62)24(8)50-34(61)23(7)45)39(66)57-33(22(5)6)42(69)54-26(12-11-16-49-44(47)48)36(63)52-27(13-14-31(46)60)37(64)53-28(15-17-72-10)38(65)56-30(19-59)40(67)58-32(21(3)4)41(68)51-25(9)43(70)71/h20-30,32-33,59H,11-19,45H2,1-10H3,(H2,46,60)(H,50,61)(H,51,68)(H,52,63)(H,53,64)(H,54,69)(H,55,62)(H,56,65)(H,57,66)(H,58,67)(H,70,71)(H4,47,48,49)/t23-,24-,25-,26-,27-,28-,29-,30-,32-,33-/m0/s1. The number of primary amides is 1. The molecule has 410 valence electrons. The quantitative estimate of drug-likeness (QED) is 0.0163. The number of nitrogens with zero attached hydrogens (tertiary/aromatic N) is 1. The molecule has 0 radical (unpaired) electrons. The minimum absolute atomic E-state index is 0.00586. The molecule has 10 amide bonds. The number of carbonyl (C=O) groups is 11. The van der Waals surface area contributed by atoms with Gasteiger partial charge in [0.25, 0.3) is 0 Å². The molecule has 19 N–H and O–H groups in total. The second-order valence-electron chi connectivity index (χ2n) is 18.4. The van der Waals surface area contributed by atoms with Crippen LogP contribution >= 0.6 is 11.8 Å². The van der Waals surface area contributed by atoms with E-state index in [0.717, 1.165) is 0 Å². The second-order valence-corrected chi connectivity index (χ2v) is 19.4. The SMILES string of the molecule is CSCC[C@H](NC(=O)[C@H](CCC(N)=O)NC(=O)[C@H](CCCN=C(N)N)NC(=O)[C@@H](NC(=O)[C@H](CC(C)C)NC(=O)[C@H](C)NC(=O)[C@H](C)N)C(C)C)C(=O)N[C@@H](CO)C(=O)N[C@H](C(=O)N[C@@H](C)C(=O)O)C(C)C. The fraction of sp³-hybridized carbons (Fsp3) is 0.727. The van der Waals surface area contributed by atoms with Gasteiger partial charge in [0.2, 0.25) is 59.1 Å². The van der Waals surface area contributed by atoms with Crippen molar-refractivity contribution in [3.63, 3.8) is 0 Å². The van der Waals surface area contributed by atoms with Crippen LogP contribution in [-0.4, -0.2) is 167 Å². The summed E-state index contributed by atoms with van der Waals surface area (Å²) in [4.78, 5) is 148. The molecule has 0 aliphatic heterocycles. The molecular formula is C44H80N14O13S. The van der Waals surface area contributed by atoms with Crippen molar-refractivity contribution in [2.24, 2.45) is 45.7 Å². The summed E-state index contributed by atoms with van der Waals surface area (Å²) in [6.07, 6.45) is 0.957. The molecular weight excluding hydrogens is 965 g/mol. The molecule has 0 saturated carbocycles. The van der Waals surface area contributed by atoms with Gasteiger partial charge in [0.05, 0.1) is 12.6 Å². The Hall–Kier alpha value is -6.29. The minimum Gasteiger partial charge on any atom is -0.480 e. The number of nitrogens with two attached hydrogens (primary N) is 4. The van der Waals surface area contributed by atoms with Crippen molar-refractivity contribution in [1.82, 2.24) is 47.9 Å². The first kappa shape index (κ1) is 65.7. The molecule has 0 aromatic heterocycles. The third-order valence-electron chi connectivity index (χ3n) is 10.7. The Morgan fingerprint density at radius 2 is 0.931 bits per heavy atom. The highest BCUT2D eigenvalue weighted by Crippen LogP contribution is 2.12. The Morgan fingerprint density at radius 3 is 1.36 bits per heavy atom. The highest BCUT2D eigenvalue weighted by atomic mass is 32.2. The number of hydrogen-bond acceptors (Lipinski definition) is 15. The lowest BCUT2D eigenvalue weighted by molar-refractivity contribution is -0.142. The van der Waals surface area contributed by atoms with E-state index in [2.05, 4.69) is 52.8 Å². The van der Waals surface area contributed by atoms with E-state index < -0.39 is 150 Å². The van der Waals surface area contributed by atoms with E-state index in [1.165, 1.54) is 32.5 Å². The molecule has 0 aliphatic rings. The number of aliphatic carboxylic acids is 1. The van der Waals surface area contributed by atoms with Crippen molar-refractivity contribution in [3.05, 3.63) is 0 Å². The number of amides is 10. The Bertz CT molecular complexity index is 1900. The monoisotopic (exact) mass is 1040 g/mol. The number of guanidine groups is 1. The van der Waals surface area contributed by atoms with Gasteiger partial charge in [0, 0.05) is 13.0 Å². The van der Waals surface area contributed by atoms with Crippen LogP contribution in [0.5, 0.6) is 0 Å². The Morgan fingerprint density at radius 1 is 0.514 bits per heavy atom. The fourth-order valence-corrected chi connectivity index (χ4v) is 6.93. The first-order valence-corrected chi connectivity index (χ1v) is 25.0. The number of thioether (sulfide) groups is 1. The number of aliphatic imine (C=N–C) groups is 1. The summed E-state index contributed by atoms with van der Waals surface area (Å²) in [6.45, 7) is 13.1. The first-order valence-electron chi connectivity index (χ1n) is 23.6. The average Bonchev–Trinajstić information content (AvgIpc) is 3.28. The zero-order valence-electron chi connectivity index (χ0n) is 42.9. The Labute approximate surface area is 424 Å². The van der Waals surface area contributed by atoms with E-state index in [-0.39, 0.29) is 56.3 Å². The lowest BCUT2D eigenvalue weighted by Gasteiger charge is -2.29. The van der Waals surface area contributed by atoms with Crippen molar-refractivity contribution in [3.8, 4) is 0 Å². The van der Waals surface area contributed by atoms with Gasteiger partial charge in [-0.15, -0.1) is 0 Å². The molecule has 0 heterocycles. The minimum atomic E-state index is -1.66. The van der Waals surface area contributed by atoms with Gasteiger partial charge in [-0.2, -0.15) is 11.8 Å². The molecule has 72 heavy (non-hydrogen) atoms. The van der Waals surface area contributed by atoms with E-state index in [1.54, 1.807) is 47.8 Å². The summed E-state index contributed by atoms with van der Waals surface area (Å²) in [7, 11) is 0. The average molecular weight is 1050 g/mol. The molecule has 0 saturated heterocycles. The van der Waals surface area contributed by atoms with Crippen LogP contribution in [-0.2, 0) is 52.7 Å². The molecule has 27 nitrogen and oxygen atoms in total. The highest BCUT2D eigenvalue weighted by Gasteiger charge is 2.36. The molecule has 0 rings (SSSR count). The third kappa shape index (κ3) is 25.2. The maximum atomic E-state index is 14.1. The number of hydrogen-bond donors (Lipinski definition) is 15. The number of carboxylic acids is 1. The van der Waals surface area contributed by atoms with E-state index in [0.29, 0.717) is 0 Å². The zero-order chi connectivity index (χ0) is 55.6. The van der Waals surface area contributed by atoms with Crippen LogP contribution in [0, 0.1) is 17.8 Å². The van der Waals surface area contributed by atoms with Crippen LogP contribution in [0.25, 0.3) is 0 Å². The highest BCUT2D eigenvalue weighted by molar-refractivity contribution is 7.98. The van der Waals surface area contributed by atoms with Gasteiger partial charge in [-0.05, 0) is 82.6 Å². The molecule has 0 aromatic carbocycles. The maximum Gasteiger partial charge on any atom is 0.325 e. The largest absolute Gasteiger partial charge is 0.480 e. The van der Waals surface area contributed by atoms with Gasteiger partial charge in [0.1, 0.15) is 54.4 Å². The summed E-state index contributed by atoms with van der Waals surface area (Å²) in [5.74, 6) is -11.0.